The van der Waals surface area contributed by atoms with Crippen LogP contribution in [0.4, 0.5) is 4.39 Å². The first kappa shape index (κ1) is 26.3. The number of rotatable bonds is 9. The molecule has 1 saturated heterocycles. The third-order valence-corrected chi connectivity index (χ3v) is 6.91. The highest BCUT2D eigenvalue weighted by atomic mass is 32.2. The summed E-state index contributed by atoms with van der Waals surface area (Å²) in [6.45, 7) is 3.94. The zero-order valence-electron chi connectivity index (χ0n) is 19.3. The number of nitrogens with zero attached hydrogens (tertiary/aromatic N) is 2. The molecule has 1 heterocycles. The number of aliphatic carboxylic acids is 2. The third kappa shape index (κ3) is 6.87. The molecule has 1 fully saturated rings. The molecule has 0 aliphatic carbocycles. The predicted molar refractivity (Wildman–Crippen MR) is 125 cm³/mol. The Bertz CT molecular complexity index is 1200. The average molecular weight is 507 g/mol. The van der Waals surface area contributed by atoms with E-state index < -0.39 is 33.7 Å². The fraction of sp³-hybridized carbons (Fsp3) is 0.333. The van der Waals surface area contributed by atoms with E-state index in [2.05, 4.69) is 4.90 Å². The van der Waals surface area contributed by atoms with Gasteiger partial charge < -0.3 is 14.9 Å². The Hall–Kier alpha value is -3.28. The summed E-state index contributed by atoms with van der Waals surface area (Å²) in [7, 11) is -4.09. The SMILES string of the molecule is C[C@H](c1ccc(CN2CCO[C@@H](c3ccc(F)cc3)C2)cc1)N(/C(=C/C(=O)O)C(=O)O)S(C)(=O)=O. The molecule has 0 aromatic heterocycles. The van der Waals surface area contributed by atoms with Crippen molar-refractivity contribution in [1.29, 1.82) is 0 Å². The van der Waals surface area contributed by atoms with Crippen LogP contribution >= 0.6 is 0 Å². The first-order valence-electron chi connectivity index (χ1n) is 10.8. The molecule has 3 rings (SSSR count). The van der Waals surface area contributed by atoms with Crippen molar-refractivity contribution in [2.45, 2.75) is 25.6 Å². The Balaban J connectivity index is 1.75. The molecule has 188 valence electrons. The van der Waals surface area contributed by atoms with Gasteiger partial charge in [0.15, 0.2) is 0 Å². The Labute approximate surface area is 203 Å². The summed E-state index contributed by atoms with van der Waals surface area (Å²) in [5, 5.41) is 18.4. The van der Waals surface area contributed by atoms with Gasteiger partial charge in [-0.3, -0.25) is 9.21 Å². The molecule has 1 aliphatic heterocycles. The summed E-state index contributed by atoms with van der Waals surface area (Å²) in [4.78, 5) is 24.9. The summed E-state index contributed by atoms with van der Waals surface area (Å²) >= 11 is 0. The number of carboxylic acids is 2. The molecule has 2 aromatic rings. The van der Waals surface area contributed by atoms with E-state index in [4.69, 9.17) is 9.84 Å². The first-order valence-corrected chi connectivity index (χ1v) is 12.7. The van der Waals surface area contributed by atoms with Crippen LogP contribution in [0, 0.1) is 5.82 Å². The predicted octanol–water partition coefficient (Wildman–Crippen LogP) is 2.77. The second-order valence-corrected chi connectivity index (χ2v) is 10.2. The van der Waals surface area contributed by atoms with Crippen LogP contribution in [0.5, 0.6) is 0 Å². The van der Waals surface area contributed by atoms with Crippen LogP contribution in [0.2, 0.25) is 0 Å². The van der Waals surface area contributed by atoms with E-state index >= 15 is 0 Å². The van der Waals surface area contributed by atoms with Gasteiger partial charge in [-0.1, -0.05) is 36.4 Å². The standard InChI is InChI=1S/C24H27FN2O7S/c1-16(27(35(2,32)33)21(24(30)31)13-23(28)29)18-5-3-17(4-6-18)14-26-11-12-34-22(15-26)19-7-9-20(25)10-8-19/h3-10,13,16,22H,11-12,14-15H2,1-2H3,(H,28,29)(H,30,31)/b21-13+/t16-,22-/m1/s1. The van der Waals surface area contributed by atoms with Crippen molar-refractivity contribution < 1.29 is 37.3 Å². The monoisotopic (exact) mass is 506 g/mol. The number of hydrogen-bond donors (Lipinski definition) is 2. The Morgan fingerprint density at radius 2 is 1.80 bits per heavy atom. The van der Waals surface area contributed by atoms with Crippen LogP contribution in [0.3, 0.4) is 0 Å². The van der Waals surface area contributed by atoms with Crippen molar-refractivity contribution >= 4 is 22.0 Å². The average Bonchev–Trinajstić information content (AvgIpc) is 2.78. The van der Waals surface area contributed by atoms with E-state index in [1.165, 1.54) is 19.1 Å². The maximum atomic E-state index is 13.2. The molecular weight excluding hydrogens is 479 g/mol. The van der Waals surface area contributed by atoms with Crippen molar-refractivity contribution in [1.82, 2.24) is 9.21 Å². The molecule has 35 heavy (non-hydrogen) atoms. The molecule has 0 radical (unpaired) electrons. The number of carboxylic acid groups (broad SMARTS) is 2. The molecule has 0 saturated carbocycles. The topological polar surface area (TPSA) is 124 Å². The van der Waals surface area contributed by atoms with E-state index in [0.717, 1.165) is 17.4 Å². The molecule has 2 N–H and O–H groups in total. The quantitative estimate of drug-likeness (QED) is 0.498. The molecular formula is C24H27FN2O7S. The first-order chi connectivity index (χ1) is 16.5. The van der Waals surface area contributed by atoms with Gasteiger partial charge in [-0.25, -0.2) is 22.4 Å². The lowest BCUT2D eigenvalue weighted by Gasteiger charge is -2.33. The summed E-state index contributed by atoms with van der Waals surface area (Å²) in [5.41, 5.74) is 1.50. The van der Waals surface area contributed by atoms with E-state index in [1.54, 1.807) is 24.3 Å². The van der Waals surface area contributed by atoms with Crippen LogP contribution in [0.1, 0.15) is 35.8 Å². The number of halogens is 1. The lowest BCUT2D eigenvalue weighted by atomic mass is 10.0. The van der Waals surface area contributed by atoms with Crippen LogP contribution in [0.15, 0.2) is 60.3 Å². The number of carbonyl (C=O) groups is 2. The zero-order chi connectivity index (χ0) is 25.8. The number of benzene rings is 2. The van der Waals surface area contributed by atoms with Crippen molar-refractivity contribution in [3.8, 4) is 0 Å². The second-order valence-electron chi connectivity index (χ2n) is 8.30. The molecule has 1 aliphatic rings. The van der Waals surface area contributed by atoms with Gasteiger partial charge in [0.25, 0.3) is 0 Å². The smallest absolute Gasteiger partial charge is 0.353 e. The summed E-state index contributed by atoms with van der Waals surface area (Å²) < 4.78 is 44.4. The second kappa shape index (κ2) is 11.0. The number of ether oxygens (including phenoxy) is 1. The van der Waals surface area contributed by atoms with Crippen molar-refractivity contribution in [3.63, 3.8) is 0 Å². The minimum absolute atomic E-state index is 0.178. The largest absolute Gasteiger partial charge is 0.478 e. The van der Waals surface area contributed by atoms with Gasteiger partial charge in [-0.2, -0.15) is 0 Å². The molecule has 2 atom stereocenters. The van der Waals surface area contributed by atoms with Crippen LogP contribution in [-0.2, 0) is 30.9 Å². The minimum atomic E-state index is -4.09. The maximum absolute atomic E-state index is 13.2. The highest BCUT2D eigenvalue weighted by Gasteiger charge is 2.31. The van der Waals surface area contributed by atoms with Gasteiger partial charge in [-0.15, -0.1) is 0 Å². The third-order valence-electron chi connectivity index (χ3n) is 5.69. The molecule has 9 nitrogen and oxygen atoms in total. The van der Waals surface area contributed by atoms with Crippen molar-refractivity contribution in [3.05, 3.63) is 82.8 Å². The highest BCUT2D eigenvalue weighted by Crippen LogP contribution is 2.29. The minimum Gasteiger partial charge on any atom is -0.478 e. The van der Waals surface area contributed by atoms with Gasteiger partial charge in [-0.05, 0) is 35.7 Å². The van der Waals surface area contributed by atoms with Gasteiger partial charge in [0.1, 0.15) is 11.5 Å². The van der Waals surface area contributed by atoms with E-state index in [9.17, 15) is 27.5 Å². The van der Waals surface area contributed by atoms with E-state index in [-0.39, 0.29) is 11.9 Å². The van der Waals surface area contributed by atoms with Gasteiger partial charge in [0.2, 0.25) is 10.0 Å². The lowest BCUT2D eigenvalue weighted by molar-refractivity contribution is -0.136. The molecule has 0 spiro atoms. The molecule has 11 heteroatoms. The fourth-order valence-electron chi connectivity index (χ4n) is 4.03. The van der Waals surface area contributed by atoms with Gasteiger partial charge in [0.05, 0.1) is 31.1 Å². The summed E-state index contributed by atoms with van der Waals surface area (Å²) in [6.07, 6.45) is 1.01. The summed E-state index contributed by atoms with van der Waals surface area (Å²) in [5.74, 6) is -3.54. The number of hydrogen-bond acceptors (Lipinski definition) is 6. The van der Waals surface area contributed by atoms with Crippen molar-refractivity contribution in [2.75, 3.05) is 26.0 Å². The van der Waals surface area contributed by atoms with Crippen LogP contribution in [-0.4, -0.2) is 65.7 Å². The fourth-order valence-corrected chi connectivity index (χ4v) is 5.22. The molecule has 0 unspecified atom stereocenters. The van der Waals surface area contributed by atoms with Crippen molar-refractivity contribution in [2.24, 2.45) is 0 Å². The van der Waals surface area contributed by atoms with E-state index in [1.807, 2.05) is 12.1 Å². The van der Waals surface area contributed by atoms with Crippen LogP contribution in [0.25, 0.3) is 0 Å². The number of sulfonamides is 1. The Kier molecular flexibility index (Phi) is 8.26. The maximum Gasteiger partial charge on any atom is 0.353 e. The van der Waals surface area contributed by atoms with Gasteiger partial charge in [0, 0.05) is 19.6 Å². The number of morpholine rings is 1. The molecule has 0 bridgehead atoms. The Morgan fingerprint density at radius 3 is 2.34 bits per heavy atom. The lowest BCUT2D eigenvalue weighted by Crippen LogP contribution is -2.37. The van der Waals surface area contributed by atoms with Crippen LogP contribution < -0.4 is 0 Å². The van der Waals surface area contributed by atoms with Gasteiger partial charge >= 0.3 is 11.9 Å². The normalized spacial score (nSPS) is 18.1. The zero-order valence-corrected chi connectivity index (χ0v) is 20.1. The highest BCUT2D eigenvalue weighted by molar-refractivity contribution is 7.88. The Morgan fingerprint density at radius 1 is 1.17 bits per heavy atom. The molecule has 2 aromatic carbocycles. The molecule has 0 amide bonds. The van der Waals surface area contributed by atoms with E-state index in [0.29, 0.717) is 42.2 Å². The summed E-state index contributed by atoms with van der Waals surface area (Å²) in [6, 6.07) is 12.3.